The molecule has 1 aromatic carbocycles. The largest absolute Gasteiger partial charge is 0.478 e. The first-order valence-electron chi connectivity index (χ1n) is 5.00. The molecule has 0 fully saturated rings. The molecule has 4 nitrogen and oxygen atoms in total. The number of aliphatic carboxylic acids is 1. The van der Waals surface area contributed by atoms with Gasteiger partial charge >= 0.3 is 5.97 Å². The zero-order valence-electron chi connectivity index (χ0n) is 9.75. The molecule has 1 amide bonds. The Bertz CT molecular complexity index is 540. The van der Waals surface area contributed by atoms with E-state index >= 15 is 0 Å². The van der Waals surface area contributed by atoms with Gasteiger partial charge in [-0.2, -0.15) is 0 Å². The van der Waals surface area contributed by atoms with E-state index in [1.807, 2.05) is 0 Å². The van der Waals surface area contributed by atoms with E-state index in [1.54, 1.807) is 0 Å². The van der Waals surface area contributed by atoms with Gasteiger partial charge in [0.2, 0.25) is 0 Å². The molecule has 96 valence electrons. The molecule has 0 heterocycles. The summed E-state index contributed by atoms with van der Waals surface area (Å²) in [4.78, 5) is 22.3. The zero-order valence-corrected chi connectivity index (χ0v) is 10.5. The van der Waals surface area contributed by atoms with Crippen LogP contribution in [0.25, 0.3) is 0 Å². The van der Waals surface area contributed by atoms with E-state index < -0.39 is 17.7 Å². The van der Waals surface area contributed by atoms with Crippen molar-refractivity contribution in [3.8, 4) is 0 Å². The standard InChI is InChI=1S/C12H11ClFNO3/c1-6(7(2)12(17)18)11(16)15-8-3-4-9(13)10(14)5-8/h3-5H,1-2H3,(H,15,16)(H,17,18). The minimum atomic E-state index is -1.18. The van der Waals surface area contributed by atoms with E-state index in [2.05, 4.69) is 5.32 Å². The molecule has 0 radical (unpaired) electrons. The number of benzene rings is 1. The number of carbonyl (C=O) groups excluding carboxylic acids is 1. The lowest BCUT2D eigenvalue weighted by Crippen LogP contribution is -2.16. The molecule has 0 saturated carbocycles. The average Bonchev–Trinajstić information content (AvgIpc) is 2.31. The van der Waals surface area contributed by atoms with Crippen LogP contribution in [0.4, 0.5) is 10.1 Å². The lowest BCUT2D eigenvalue weighted by Gasteiger charge is -2.07. The van der Waals surface area contributed by atoms with Crippen molar-refractivity contribution in [2.24, 2.45) is 0 Å². The number of carbonyl (C=O) groups is 2. The summed E-state index contributed by atoms with van der Waals surface area (Å²) in [6.45, 7) is 2.70. The van der Waals surface area contributed by atoms with Crippen molar-refractivity contribution in [2.75, 3.05) is 5.32 Å². The third-order valence-electron chi connectivity index (χ3n) is 2.40. The van der Waals surface area contributed by atoms with E-state index in [1.165, 1.54) is 26.0 Å². The molecular formula is C12H11ClFNO3. The van der Waals surface area contributed by atoms with Crippen LogP contribution in [0.1, 0.15) is 13.8 Å². The van der Waals surface area contributed by atoms with Crippen molar-refractivity contribution in [1.29, 1.82) is 0 Å². The third kappa shape index (κ3) is 3.30. The van der Waals surface area contributed by atoms with Crippen molar-refractivity contribution in [3.05, 3.63) is 40.2 Å². The Balaban J connectivity index is 2.92. The molecule has 0 atom stereocenters. The summed E-state index contributed by atoms with van der Waals surface area (Å²) in [6.07, 6.45) is 0. The average molecular weight is 272 g/mol. The highest BCUT2D eigenvalue weighted by Gasteiger charge is 2.13. The Labute approximate surface area is 108 Å². The summed E-state index contributed by atoms with van der Waals surface area (Å²) in [5.41, 5.74) is 0.194. The van der Waals surface area contributed by atoms with Crippen LogP contribution in [0.5, 0.6) is 0 Å². The van der Waals surface area contributed by atoms with Gasteiger partial charge in [-0.25, -0.2) is 9.18 Å². The van der Waals surface area contributed by atoms with Crippen LogP contribution in [0, 0.1) is 5.82 Å². The Morgan fingerprint density at radius 2 is 1.89 bits per heavy atom. The molecule has 0 unspecified atom stereocenters. The molecular weight excluding hydrogens is 261 g/mol. The highest BCUT2D eigenvalue weighted by Crippen LogP contribution is 2.19. The van der Waals surface area contributed by atoms with Crippen LogP contribution in [-0.2, 0) is 9.59 Å². The minimum absolute atomic E-state index is 0.0536. The van der Waals surface area contributed by atoms with E-state index in [0.29, 0.717) is 0 Å². The number of anilines is 1. The summed E-state index contributed by atoms with van der Waals surface area (Å²) in [5, 5.41) is 11.1. The molecule has 2 N–H and O–H groups in total. The van der Waals surface area contributed by atoms with Crippen molar-refractivity contribution in [2.45, 2.75) is 13.8 Å². The number of nitrogens with one attached hydrogen (secondary N) is 1. The predicted molar refractivity (Wildman–Crippen MR) is 66.0 cm³/mol. The Morgan fingerprint density at radius 1 is 1.28 bits per heavy atom. The van der Waals surface area contributed by atoms with E-state index in [9.17, 15) is 14.0 Å². The van der Waals surface area contributed by atoms with Gasteiger partial charge in [-0.15, -0.1) is 0 Å². The second-order valence-corrected chi connectivity index (χ2v) is 4.05. The van der Waals surface area contributed by atoms with Crippen molar-refractivity contribution >= 4 is 29.2 Å². The summed E-state index contributed by atoms with van der Waals surface area (Å²) in [7, 11) is 0. The first-order valence-corrected chi connectivity index (χ1v) is 5.38. The molecule has 1 rings (SSSR count). The van der Waals surface area contributed by atoms with E-state index in [4.69, 9.17) is 16.7 Å². The molecule has 0 aliphatic carbocycles. The van der Waals surface area contributed by atoms with Crippen LogP contribution in [0.3, 0.4) is 0 Å². The molecule has 0 aromatic heterocycles. The lowest BCUT2D eigenvalue weighted by molar-refractivity contribution is -0.133. The number of carboxylic acid groups (broad SMARTS) is 1. The summed E-state index contributed by atoms with van der Waals surface area (Å²) in [6, 6.07) is 3.78. The van der Waals surface area contributed by atoms with Gasteiger partial charge in [0.15, 0.2) is 0 Å². The van der Waals surface area contributed by atoms with E-state index in [-0.39, 0.29) is 21.9 Å². The quantitative estimate of drug-likeness (QED) is 0.831. The number of amides is 1. The second kappa shape index (κ2) is 5.64. The fourth-order valence-corrected chi connectivity index (χ4v) is 1.25. The van der Waals surface area contributed by atoms with E-state index in [0.717, 1.165) is 6.07 Å². The Kier molecular flexibility index (Phi) is 4.44. The Morgan fingerprint density at radius 3 is 2.39 bits per heavy atom. The summed E-state index contributed by atoms with van der Waals surface area (Å²) < 4.78 is 13.1. The van der Waals surface area contributed by atoms with Gasteiger partial charge in [-0.1, -0.05) is 11.6 Å². The molecule has 0 saturated heterocycles. The second-order valence-electron chi connectivity index (χ2n) is 3.64. The number of hydrogen-bond donors (Lipinski definition) is 2. The van der Waals surface area contributed by atoms with Crippen molar-refractivity contribution < 1.29 is 19.1 Å². The first-order chi connectivity index (χ1) is 8.32. The zero-order chi connectivity index (χ0) is 13.9. The van der Waals surface area contributed by atoms with Gasteiger partial charge in [0, 0.05) is 16.8 Å². The van der Waals surface area contributed by atoms with Crippen LogP contribution in [0.2, 0.25) is 5.02 Å². The van der Waals surface area contributed by atoms with Gasteiger partial charge in [-0.3, -0.25) is 4.79 Å². The SMILES string of the molecule is CC(C(=O)O)=C(C)C(=O)Nc1ccc(Cl)c(F)c1. The van der Waals surface area contributed by atoms with Gasteiger partial charge in [0.25, 0.3) is 5.91 Å². The van der Waals surface area contributed by atoms with Crippen molar-refractivity contribution in [3.63, 3.8) is 0 Å². The fourth-order valence-electron chi connectivity index (χ4n) is 1.13. The third-order valence-corrected chi connectivity index (χ3v) is 2.71. The molecule has 0 spiro atoms. The maximum absolute atomic E-state index is 13.1. The maximum Gasteiger partial charge on any atom is 0.331 e. The van der Waals surface area contributed by atoms with Gasteiger partial charge in [-0.05, 0) is 32.0 Å². The normalized spacial score (nSPS) is 11.8. The number of rotatable bonds is 3. The minimum Gasteiger partial charge on any atom is -0.478 e. The van der Waals surface area contributed by atoms with Crippen LogP contribution in [0.15, 0.2) is 29.3 Å². The number of hydrogen-bond acceptors (Lipinski definition) is 2. The molecule has 6 heteroatoms. The lowest BCUT2D eigenvalue weighted by atomic mass is 10.1. The summed E-state index contributed by atoms with van der Waals surface area (Å²) in [5.74, 6) is -2.44. The van der Waals surface area contributed by atoms with Gasteiger partial charge < -0.3 is 10.4 Å². The molecule has 0 aliphatic rings. The van der Waals surface area contributed by atoms with Crippen LogP contribution in [-0.4, -0.2) is 17.0 Å². The topological polar surface area (TPSA) is 66.4 Å². The highest BCUT2D eigenvalue weighted by molar-refractivity contribution is 6.30. The molecule has 0 bridgehead atoms. The predicted octanol–water partition coefficient (Wildman–Crippen LogP) is 2.84. The summed E-state index contributed by atoms with van der Waals surface area (Å²) >= 11 is 5.50. The van der Waals surface area contributed by atoms with Gasteiger partial charge in [0.05, 0.1) is 5.02 Å². The molecule has 0 aliphatic heterocycles. The Hall–Kier alpha value is -1.88. The molecule has 1 aromatic rings. The fraction of sp³-hybridized carbons (Fsp3) is 0.167. The highest BCUT2D eigenvalue weighted by atomic mass is 35.5. The number of carboxylic acids is 1. The van der Waals surface area contributed by atoms with Crippen molar-refractivity contribution in [1.82, 2.24) is 0 Å². The maximum atomic E-state index is 13.1. The molecule has 18 heavy (non-hydrogen) atoms. The van der Waals surface area contributed by atoms with Crippen LogP contribution >= 0.6 is 11.6 Å². The smallest absolute Gasteiger partial charge is 0.331 e. The van der Waals surface area contributed by atoms with Crippen LogP contribution < -0.4 is 5.32 Å². The first kappa shape index (κ1) is 14.2. The monoisotopic (exact) mass is 271 g/mol. The number of halogens is 2. The van der Waals surface area contributed by atoms with Gasteiger partial charge in [0.1, 0.15) is 5.82 Å².